The van der Waals surface area contributed by atoms with E-state index in [0.717, 1.165) is 11.1 Å². The van der Waals surface area contributed by atoms with Crippen LogP contribution in [-0.2, 0) is 17.8 Å². The van der Waals surface area contributed by atoms with E-state index in [2.05, 4.69) is 10.3 Å². The number of aromatic amines is 1. The molecule has 0 saturated carbocycles. The first-order valence-electron chi connectivity index (χ1n) is 5.37. The molecule has 0 fully saturated rings. The van der Waals surface area contributed by atoms with Crippen molar-refractivity contribution in [3.63, 3.8) is 0 Å². The van der Waals surface area contributed by atoms with Crippen LogP contribution in [0.3, 0.4) is 0 Å². The van der Waals surface area contributed by atoms with Crippen molar-refractivity contribution in [3.05, 3.63) is 58.9 Å². The van der Waals surface area contributed by atoms with E-state index >= 15 is 0 Å². The molecule has 1 amide bonds. The standard InChI is InChI=1S/C13H13ClN2O/c14-12-3-1-10(2-4-12)7-13(17)16-9-11-5-6-15-8-11/h1-6,8,15H,7,9H2,(H,16,17). The quantitative estimate of drug-likeness (QED) is 0.858. The summed E-state index contributed by atoms with van der Waals surface area (Å²) in [5.74, 6) is 0.00789. The van der Waals surface area contributed by atoms with E-state index < -0.39 is 0 Å². The summed E-state index contributed by atoms with van der Waals surface area (Å²) in [6, 6.07) is 9.23. The Morgan fingerprint density at radius 1 is 1.18 bits per heavy atom. The summed E-state index contributed by atoms with van der Waals surface area (Å²) in [7, 11) is 0. The summed E-state index contributed by atoms with van der Waals surface area (Å²) >= 11 is 5.77. The average molecular weight is 249 g/mol. The number of nitrogens with one attached hydrogen (secondary N) is 2. The van der Waals surface area contributed by atoms with Crippen molar-refractivity contribution >= 4 is 17.5 Å². The second-order valence-electron chi connectivity index (χ2n) is 3.80. The number of carbonyl (C=O) groups excluding carboxylic acids is 1. The first-order chi connectivity index (χ1) is 8.24. The predicted molar refractivity (Wildman–Crippen MR) is 67.8 cm³/mol. The molecule has 0 unspecified atom stereocenters. The molecule has 0 aliphatic rings. The third kappa shape index (κ3) is 3.64. The Bertz CT molecular complexity index is 477. The lowest BCUT2D eigenvalue weighted by atomic mass is 10.1. The largest absolute Gasteiger partial charge is 0.367 e. The van der Waals surface area contributed by atoms with Crippen molar-refractivity contribution in [1.29, 1.82) is 0 Å². The van der Waals surface area contributed by atoms with Crippen LogP contribution in [0, 0.1) is 0 Å². The molecule has 3 nitrogen and oxygen atoms in total. The third-order valence-electron chi connectivity index (χ3n) is 2.43. The summed E-state index contributed by atoms with van der Waals surface area (Å²) in [6.07, 6.45) is 4.07. The fraction of sp³-hybridized carbons (Fsp3) is 0.154. The zero-order valence-electron chi connectivity index (χ0n) is 9.24. The summed E-state index contributed by atoms with van der Waals surface area (Å²) in [5, 5.41) is 3.54. The summed E-state index contributed by atoms with van der Waals surface area (Å²) in [4.78, 5) is 14.6. The zero-order chi connectivity index (χ0) is 12.1. The molecular formula is C13H13ClN2O. The fourth-order valence-electron chi connectivity index (χ4n) is 1.52. The first kappa shape index (κ1) is 11.7. The van der Waals surface area contributed by atoms with Gasteiger partial charge in [-0.2, -0.15) is 0 Å². The first-order valence-corrected chi connectivity index (χ1v) is 5.74. The molecular weight excluding hydrogens is 236 g/mol. The Labute approximate surface area is 105 Å². The van der Waals surface area contributed by atoms with Crippen LogP contribution in [0.15, 0.2) is 42.7 Å². The predicted octanol–water partition coefficient (Wildman–Crippen LogP) is 2.53. The number of hydrogen-bond donors (Lipinski definition) is 2. The van der Waals surface area contributed by atoms with Gasteiger partial charge in [0.1, 0.15) is 0 Å². The van der Waals surface area contributed by atoms with Gasteiger partial charge in [-0.15, -0.1) is 0 Å². The second-order valence-corrected chi connectivity index (χ2v) is 4.24. The summed E-state index contributed by atoms with van der Waals surface area (Å²) in [5.41, 5.74) is 2.02. The van der Waals surface area contributed by atoms with Crippen molar-refractivity contribution in [3.8, 4) is 0 Å². The molecule has 0 aliphatic heterocycles. The molecule has 2 N–H and O–H groups in total. The van der Waals surface area contributed by atoms with Gasteiger partial charge in [0.25, 0.3) is 0 Å². The Balaban J connectivity index is 1.83. The molecule has 1 aromatic heterocycles. The molecule has 0 saturated heterocycles. The number of halogens is 1. The normalized spacial score (nSPS) is 10.2. The lowest BCUT2D eigenvalue weighted by Gasteiger charge is -2.04. The fourth-order valence-corrected chi connectivity index (χ4v) is 1.65. The number of H-pyrrole nitrogens is 1. The third-order valence-corrected chi connectivity index (χ3v) is 2.68. The monoisotopic (exact) mass is 248 g/mol. The van der Waals surface area contributed by atoms with E-state index in [-0.39, 0.29) is 5.91 Å². The molecule has 4 heteroatoms. The molecule has 0 spiro atoms. The topological polar surface area (TPSA) is 44.9 Å². The van der Waals surface area contributed by atoms with Gasteiger partial charge in [0.2, 0.25) is 5.91 Å². The van der Waals surface area contributed by atoms with Crippen LogP contribution in [0.25, 0.3) is 0 Å². The number of benzene rings is 1. The second kappa shape index (κ2) is 5.55. The number of rotatable bonds is 4. The van der Waals surface area contributed by atoms with Crippen molar-refractivity contribution in [1.82, 2.24) is 10.3 Å². The van der Waals surface area contributed by atoms with Gasteiger partial charge in [-0.25, -0.2) is 0 Å². The zero-order valence-corrected chi connectivity index (χ0v) is 10.00. The minimum atomic E-state index is 0.00789. The molecule has 17 heavy (non-hydrogen) atoms. The van der Waals surface area contributed by atoms with E-state index in [9.17, 15) is 4.79 Å². The van der Waals surface area contributed by atoms with Crippen molar-refractivity contribution in [2.24, 2.45) is 0 Å². The van der Waals surface area contributed by atoms with Crippen molar-refractivity contribution < 1.29 is 4.79 Å². The molecule has 0 aliphatic carbocycles. The van der Waals surface area contributed by atoms with Gasteiger partial charge >= 0.3 is 0 Å². The van der Waals surface area contributed by atoms with E-state index in [1.54, 1.807) is 12.1 Å². The maximum atomic E-state index is 11.6. The van der Waals surface area contributed by atoms with E-state index in [1.807, 2.05) is 30.6 Å². The van der Waals surface area contributed by atoms with E-state index in [1.165, 1.54) is 0 Å². The van der Waals surface area contributed by atoms with Crippen LogP contribution in [-0.4, -0.2) is 10.9 Å². The number of amides is 1. The van der Waals surface area contributed by atoms with Crippen LogP contribution in [0.4, 0.5) is 0 Å². The van der Waals surface area contributed by atoms with Crippen LogP contribution in [0.1, 0.15) is 11.1 Å². The van der Waals surface area contributed by atoms with E-state index in [4.69, 9.17) is 11.6 Å². The van der Waals surface area contributed by atoms with Gasteiger partial charge in [-0.3, -0.25) is 4.79 Å². The molecule has 1 heterocycles. The Kier molecular flexibility index (Phi) is 3.83. The molecule has 2 aromatic rings. The summed E-state index contributed by atoms with van der Waals surface area (Å²) < 4.78 is 0. The minimum absolute atomic E-state index is 0.00789. The number of carbonyl (C=O) groups is 1. The minimum Gasteiger partial charge on any atom is -0.367 e. The maximum absolute atomic E-state index is 11.6. The van der Waals surface area contributed by atoms with Gasteiger partial charge in [0.05, 0.1) is 6.42 Å². The highest BCUT2D eigenvalue weighted by Crippen LogP contribution is 2.09. The Morgan fingerprint density at radius 3 is 2.59 bits per heavy atom. The smallest absolute Gasteiger partial charge is 0.224 e. The number of hydrogen-bond acceptors (Lipinski definition) is 1. The maximum Gasteiger partial charge on any atom is 0.224 e. The van der Waals surface area contributed by atoms with Crippen molar-refractivity contribution in [2.75, 3.05) is 0 Å². The molecule has 88 valence electrons. The Morgan fingerprint density at radius 2 is 1.94 bits per heavy atom. The highest BCUT2D eigenvalue weighted by molar-refractivity contribution is 6.30. The van der Waals surface area contributed by atoms with Gasteiger partial charge < -0.3 is 10.3 Å². The lowest BCUT2D eigenvalue weighted by molar-refractivity contribution is -0.120. The Hall–Kier alpha value is -1.74. The molecule has 0 bridgehead atoms. The average Bonchev–Trinajstić information content (AvgIpc) is 2.83. The lowest BCUT2D eigenvalue weighted by Crippen LogP contribution is -2.24. The van der Waals surface area contributed by atoms with Crippen molar-refractivity contribution in [2.45, 2.75) is 13.0 Å². The van der Waals surface area contributed by atoms with E-state index in [0.29, 0.717) is 18.0 Å². The molecule has 2 rings (SSSR count). The molecule has 1 aromatic carbocycles. The summed E-state index contributed by atoms with van der Waals surface area (Å²) in [6.45, 7) is 0.552. The highest BCUT2D eigenvalue weighted by Gasteiger charge is 2.03. The highest BCUT2D eigenvalue weighted by atomic mass is 35.5. The van der Waals surface area contributed by atoms with Gasteiger partial charge in [0, 0.05) is 24.0 Å². The van der Waals surface area contributed by atoms with Gasteiger partial charge in [-0.1, -0.05) is 23.7 Å². The van der Waals surface area contributed by atoms with Crippen LogP contribution >= 0.6 is 11.6 Å². The SMILES string of the molecule is O=C(Cc1ccc(Cl)cc1)NCc1cc[nH]c1. The number of aromatic nitrogens is 1. The van der Waals surface area contributed by atoms with Crippen LogP contribution < -0.4 is 5.32 Å². The van der Waals surface area contributed by atoms with Gasteiger partial charge in [0.15, 0.2) is 0 Å². The van der Waals surface area contributed by atoms with Crippen LogP contribution in [0.2, 0.25) is 5.02 Å². The molecule has 0 atom stereocenters. The van der Waals surface area contributed by atoms with Gasteiger partial charge in [-0.05, 0) is 29.3 Å². The molecule has 0 radical (unpaired) electrons. The van der Waals surface area contributed by atoms with Crippen LogP contribution in [0.5, 0.6) is 0 Å².